The SMILES string of the molecule is C#CC(Cc1cccc(Cl)c1F)NCCC. The van der Waals surface area contributed by atoms with Crippen LogP contribution in [0, 0.1) is 18.2 Å². The highest BCUT2D eigenvalue weighted by Crippen LogP contribution is 2.18. The highest BCUT2D eigenvalue weighted by molar-refractivity contribution is 6.30. The third-order valence-corrected chi connectivity index (χ3v) is 2.59. The van der Waals surface area contributed by atoms with Gasteiger partial charge >= 0.3 is 0 Å². The predicted molar refractivity (Wildman–Crippen MR) is 66.0 cm³/mol. The van der Waals surface area contributed by atoms with E-state index in [4.69, 9.17) is 18.0 Å². The van der Waals surface area contributed by atoms with E-state index in [1.54, 1.807) is 12.1 Å². The van der Waals surface area contributed by atoms with Gasteiger partial charge in [0.05, 0.1) is 11.1 Å². The molecule has 0 bridgehead atoms. The van der Waals surface area contributed by atoms with Crippen LogP contribution < -0.4 is 5.32 Å². The number of halogens is 2. The molecule has 0 saturated heterocycles. The van der Waals surface area contributed by atoms with Crippen LogP contribution in [-0.4, -0.2) is 12.6 Å². The van der Waals surface area contributed by atoms with E-state index in [-0.39, 0.29) is 16.9 Å². The van der Waals surface area contributed by atoms with E-state index in [1.807, 2.05) is 0 Å². The largest absolute Gasteiger partial charge is 0.303 e. The Kier molecular flexibility index (Phi) is 5.31. The molecule has 1 atom stereocenters. The van der Waals surface area contributed by atoms with Crippen LogP contribution in [0.3, 0.4) is 0 Å². The van der Waals surface area contributed by atoms with Gasteiger partial charge < -0.3 is 5.32 Å². The number of terminal acetylenes is 1. The lowest BCUT2D eigenvalue weighted by atomic mass is 10.1. The maximum absolute atomic E-state index is 13.6. The molecule has 0 heterocycles. The summed E-state index contributed by atoms with van der Waals surface area (Å²) in [5, 5.41) is 3.31. The van der Waals surface area contributed by atoms with Crippen LogP contribution in [0.15, 0.2) is 18.2 Å². The first-order valence-electron chi connectivity index (χ1n) is 5.31. The summed E-state index contributed by atoms with van der Waals surface area (Å²) < 4.78 is 13.6. The van der Waals surface area contributed by atoms with Crippen molar-refractivity contribution in [3.63, 3.8) is 0 Å². The lowest BCUT2D eigenvalue weighted by Crippen LogP contribution is -2.30. The van der Waals surface area contributed by atoms with Crippen molar-refractivity contribution < 1.29 is 4.39 Å². The number of hydrogen-bond donors (Lipinski definition) is 1. The molecule has 0 aliphatic rings. The van der Waals surface area contributed by atoms with Gasteiger partial charge in [0.2, 0.25) is 0 Å². The van der Waals surface area contributed by atoms with Gasteiger partial charge in [-0.05, 0) is 24.6 Å². The molecule has 16 heavy (non-hydrogen) atoms. The number of hydrogen-bond acceptors (Lipinski definition) is 1. The van der Waals surface area contributed by atoms with Crippen LogP contribution in [0.25, 0.3) is 0 Å². The van der Waals surface area contributed by atoms with Crippen LogP contribution in [0.1, 0.15) is 18.9 Å². The topological polar surface area (TPSA) is 12.0 Å². The number of rotatable bonds is 5. The van der Waals surface area contributed by atoms with Crippen molar-refractivity contribution in [3.05, 3.63) is 34.6 Å². The molecule has 1 aromatic carbocycles. The molecular weight excluding hydrogens is 225 g/mol. The number of benzene rings is 1. The van der Waals surface area contributed by atoms with Gasteiger partial charge in [0, 0.05) is 6.42 Å². The normalized spacial score (nSPS) is 12.1. The minimum absolute atomic E-state index is 0.142. The Morgan fingerprint density at radius 1 is 1.56 bits per heavy atom. The Hall–Kier alpha value is -1.04. The van der Waals surface area contributed by atoms with Crippen molar-refractivity contribution in [1.29, 1.82) is 0 Å². The van der Waals surface area contributed by atoms with E-state index in [1.165, 1.54) is 6.07 Å². The molecule has 0 aromatic heterocycles. The fraction of sp³-hybridized carbons (Fsp3) is 0.385. The van der Waals surface area contributed by atoms with Gasteiger partial charge in [0.15, 0.2) is 0 Å². The van der Waals surface area contributed by atoms with Crippen LogP contribution in [0.4, 0.5) is 4.39 Å². The summed E-state index contributed by atoms with van der Waals surface area (Å²) in [6, 6.07) is 4.82. The van der Waals surface area contributed by atoms with Gasteiger partial charge in [0.25, 0.3) is 0 Å². The van der Waals surface area contributed by atoms with Gasteiger partial charge in [-0.1, -0.05) is 36.6 Å². The predicted octanol–water partition coefficient (Wildman–Crippen LogP) is 3.02. The Morgan fingerprint density at radius 2 is 2.31 bits per heavy atom. The molecule has 0 saturated carbocycles. The van der Waals surface area contributed by atoms with Crippen molar-refractivity contribution in [1.82, 2.24) is 5.32 Å². The fourth-order valence-electron chi connectivity index (χ4n) is 1.43. The van der Waals surface area contributed by atoms with E-state index in [9.17, 15) is 4.39 Å². The summed E-state index contributed by atoms with van der Waals surface area (Å²) >= 11 is 5.70. The molecule has 0 fully saturated rings. The molecule has 0 aliphatic carbocycles. The van der Waals surface area contributed by atoms with Crippen molar-refractivity contribution in [2.45, 2.75) is 25.8 Å². The zero-order chi connectivity index (χ0) is 12.0. The third-order valence-electron chi connectivity index (χ3n) is 2.30. The Labute approximate surface area is 101 Å². The lowest BCUT2D eigenvalue weighted by molar-refractivity contribution is 0.565. The maximum Gasteiger partial charge on any atom is 0.145 e. The summed E-state index contributed by atoms with van der Waals surface area (Å²) in [5.74, 6) is 2.24. The first-order valence-corrected chi connectivity index (χ1v) is 5.69. The van der Waals surface area contributed by atoms with E-state index in [0.717, 1.165) is 13.0 Å². The molecular formula is C13H15ClFN. The number of nitrogens with one attached hydrogen (secondary N) is 1. The van der Waals surface area contributed by atoms with E-state index < -0.39 is 0 Å². The van der Waals surface area contributed by atoms with Crippen molar-refractivity contribution in [2.75, 3.05) is 6.54 Å². The average Bonchev–Trinajstić information content (AvgIpc) is 2.30. The summed E-state index contributed by atoms with van der Waals surface area (Å²) in [6.07, 6.45) is 6.84. The van der Waals surface area contributed by atoms with Crippen molar-refractivity contribution in [3.8, 4) is 12.3 Å². The second kappa shape index (κ2) is 6.52. The average molecular weight is 240 g/mol. The van der Waals surface area contributed by atoms with Crippen LogP contribution in [0.2, 0.25) is 5.02 Å². The molecule has 1 rings (SSSR count). The second-order valence-corrected chi connectivity index (χ2v) is 4.00. The quantitative estimate of drug-likeness (QED) is 0.779. The minimum atomic E-state index is -0.372. The summed E-state index contributed by atoms with van der Waals surface area (Å²) in [4.78, 5) is 0. The van der Waals surface area contributed by atoms with Gasteiger partial charge in [-0.2, -0.15) is 0 Å². The highest BCUT2D eigenvalue weighted by atomic mass is 35.5. The lowest BCUT2D eigenvalue weighted by Gasteiger charge is -2.13. The van der Waals surface area contributed by atoms with E-state index in [0.29, 0.717) is 12.0 Å². The Balaban J connectivity index is 2.71. The summed E-state index contributed by atoms with van der Waals surface area (Å²) in [5.41, 5.74) is 0.555. The van der Waals surface area contributed by atoms with E-state index in [2.05, 4.69) is 18.2 Å². The summed E-state index contributed by atoms with van der Waals surface area (Å²) in [7, 11) is 0. The van der Waals surface area contributed by atoms with E-state index >= 15 is 0 Å². The zero-order valence-electron chi connectivity index (χ0n) is 9.26. The van der Waals surface area contributed by atoms with Gasteiger partial charge in [-0.25, -0.2) is 4.39 Å². The standard InChI is InChI=1S/C13H15ClFN/c1-3-8-16-11(4-2)9-10-6-5-7-12(14)13(10)15/h2,5-7,11,16H,3,8-9H2,1H3. The Bertz CT molecular complexity index is 384. The first-order chi connectivity index (χ1) is 7.69. The molecule has 1 aromatic rings. The maximum atomic E-state index is 13.6. The Morgan fingerprint density at radius 3 is 2.94 bits per heavy atom. The minimum Gasteiger partial charge on any atom is -0.303 e. The summed E-state index contributed by atoms with van der Waals surface area (Å²) in [6.45, 7) is 2.89. The fourth-order valence-corrected chi connectivity index (χ4v) is 1.63. The molecule has 3 heteroatoms. The molecule has 0 radical (unpaired) electrons. The van der Waals surface area contributed by atoms with Crippen molar-refractivity contribution >= 4 is 11.6 Å². The first kappa shape index (κ1) is 13.0. The smallest absolute Gasteiger partial charge is 0.145 e. The molecule has 0 aliphatic heterocycles. The molecule has 1 nitrogen and oxygen atoms in total. The molecule has 1 unspecified atom stereocenters. The third kappa shape index (κ3) is 3.52. The molecule has 86 valence electrons. The van der Waals surface area contributed by atoms with Gasteiger partial charge in [-0.15, -0.1) is 6.42 Å². The zero-order valence-corrected chi connectivity index (χ0v) is 10.0. The second-order valence-electron chi connectivity index (χ2n) is 3.59. The molecule has 0 spiro atoms. The van der Waals surface area contributed by atoms with Crippen LogP contribution in [0.5, 0.6) is 0 Å². The molecule has 0 amide bonds. The molecule has 1 N–H and O–H groups in total. The van der Waals surface area contributed by atoms with Crippen molar-refractivity contribution in [2.24, 2.45) is 0 Å². The van der Waals surface area contributed by atoms with Crippen LogP contribution >= 0.6 is 11.6 Å². The van der Waals surface area contributed by atoms with Gasteiger partial charge in [-0.3, -0.25) is 0 Å². The van der Waals surface area contributed by atoms with Gasteiger partial charge in [0.1, 0.15) is 5.82 Å². The highest BCUT2D eigenvalue weighted by Gasteiger charge is 2.11. The monoisotopic (exact) mass is 239 g/mol. The van der Waals surface area contributed by atoms with Crippen LogP contribution in [-0.2, 0) is 6.42 Å².